The molecule has 0 radical (unpaired) electrons. The van der Waals surface area contributed by atoms with Crippen molar-refractivity contribution in [1.29, 1.82) is 0 Å². The second-order valence-electron chi connectivity index (χ2n) is 6.51. The molecule has 9 heteroatoms. The van der Waals surface area contributed by atoms with Crippen molar-refractivity contribution in [2.24, 2.45) is 14.1 Å². The Labute approximate surface area is 145 Å². The van der Waals surface area contributed by atoms with Gasteiger partial charge in [0.25, 0.3) is 0 Å². The first-order chi connectivity index (χ1) is 12.1. The molecule has 0 fully saturated rings. The molecule has 1 aliphatic rings. The SMILES string of the molecule is COCC1Cn2nnc(-c3cnn(C)c3)c2CN1Cc1cnn(C)c1. The highest BCUT2D eigenvalue weighted by molar-refractivity contribution is 5.59. The molecular formula is C16H22N8O. The summed E-state index contributed by atoms with van der Waals surface area (Å²) < 4.78 is 11.0. The lowest BCUT2D eigenvalue weighted by atomic mass is 10.1. The van der Waals surface area contributed by atoms with Gasteiger partial charge in [0.05, 0.1) is 37.3 Å². The minimum Gasteiger partial charge on any atom is -0.383 e. The molecule has 3 aromatic rings. The Morgan fingerprint density at radius 2 is 1.96 bits per heavy atom. The van der Waals surface area contributed by atoms with Crippen LogP contribution in [-0.4, -0.2) is 59.2 Å². The van der Waals surface area contributed by atoms with Gasteiger partial charge in [0.15, 0.2) is 0 Å². The molecule has 0 saturated heterocycles. The molecule has 9 nitrogen and oxygen atoms in total. The average Bonchev–Trinajstić information content (AvgIpc) is 3.28. The highest BCUT2D eigenvalue weighted by Gasteiger charge is 2.30. The smallest absolute Gasteiger partial charge is 0.120 e. The molecule has 0 aromatic carbocycles. The Balaban J connectivity index is 1.64. The summed E-state index contributed by atoms with van der Waals surface area (Å²) in [7, 11) is 5.58. The van der Waals surface area contributed by atoms with Crippen molar-refractivity contribution in [2.45, 2.75) is 25.7 Å². The number of methoxy groups -OCH3 is 1. The van der Waals surface area contributed by atoms with Gasteiger partial charge < -0.3 is 4.74 Å². The number of aromatic nitrogens is 7. The molecule has 1 atom stereocenters. The Kier molecular flexibility index (Phi) is 4.10. The van der Waals surface area contributed by atoms with Gasteiger partial charge in [-0.1, -0.05) is 5.21 Å². The van der Waals surface area contributed by atoms with E-state index in [1.54, 1.807) is 11.8 Å². The molecular weight excluding hydrogens is 320 g/mol. The van der Waals surface area contributed by atoms with Crippen molar-refractivity contribution in [3.63, 3.8) is 0 Å². The van der Waals surface area contributed by atoms with Crippen LogP contribution in [0.25, 0.3) is 11.3 Å². The van der Waals surface area contributed by atoms with Crippen LogP contribution in [0.5, 0.6) is 0 Å². The summed E-state index contributed by atoms with van der Waals surface area (Å²) in [5, 5.41) is 17.3. The predicted molar refractivity (Wildman–Crippen MR) is 90.3 cm³/mol. The van der Waals surface area contributed by atoms with Crippen molar-refractivity contribution < 1.29 is 4.74 Å². The van der Waals surface area contributed by atoms with E-state index in [4.69, 9.17) is 4.74 Å². The van der Waals surface area contributed by atoms with Crippen LogP contribution < -0.4 is 0 Å². The van der Waals surface area contributed by atoms with Crippen LogP contribution in [0, 0.1) is 0 Å². The normalized spacial score (nSPS) is 17.8. The van der Waals surface area contributed by atoms with E-state index in [0.29, 0.717) is 6.61 Å². The molecule has 0 bridgehead atoms. The summed E-state index contributed by atoms with van der Waals surface area (Å²) >= 11 is 0. The van der Waals surface area contributed by atoms with E-state index in [2.05, 4.69) is 31.6 Å². The lowest BCUT2D eigenvalue weighted by Gasteiger charge is -2.35. The topological polar surface area (TPSA) is 78.8 Å². The summed E-state index contributed by atoms with van der Waals surface area (Å²) in [5.41, 5.74) is 4.20. The van der Waals surface area contributed by atoms with Crippen LogP contribution in [0.4, 0.5) is 0 Å². The molecule has 25 heavy (non-hydrogen) atoms. The molecule has 0 aliphatic carbocycles. The van der Waals surface area contributed by atoms with E-state index in [1.165, 1.54) is 5.56 Å². The zero-order chi connectivity index (χ0) is 17.4. The van der Waals surface area contributed by atoms with Crippen molar-refractivity contribution >= 4 is 0 Å². The maximum atomic E-state index is 5.43. The molecule has 4 rings (SSSR count). The fourth-order valence-corrected chi connectivity index (χ4v) is 3.36. The second-order valence-corrected chi connectivity index (χ2v) is 6.51. The van der Waals surface area contributed by atoms with Crippen molar-refractivity contribution in [3.8, 4) is 11.3 Å². The van der Waals surface area contributed by atoms with Gasteiger partial charge in [-0.15, -0.1) is 5.10 Å². The number of rotatable bonds is 5. The predicted octanol–water partition coefficient (Wildman–Crippen LogP) is 0.443. The quantitative estimate of drug-likeness (QED) is 0.670. The standard InChI is InChI=1S/C16H22N8O/c1-21-6-12(4-17-21)7-23-10-15-16(13-5-18-22(2)8-13)19-20-24(15)9-14(23)11-25-3/h4-6,8,14H,7,9-11H2,1-3H3. The number of aryl methyl sites for hydroxylation is 2. The Bertz CT molecular complexity index is 863. The number of hydrogen-bond acceptors (Lipinski definition) is 6. The van der Waals surface area contributed by atoms with Gasteiger partial charge in [-0.05, 0) is 0 Å². The van der Waals surface area contributed by atoms with Crippen molar-refractivity contribution in [2.75, 3.05) is 13.7 Å². The molecule has 132 valence electrons. The molecule has 0 N–H and O–H groups in total. The molecule has 1 unspecified atom stereocenters. The Morgan fingerprint density at radius 3 is 2.64 bits per heavy atom. The number of nitrogens with zero attached hydrogens (tertiary/aromatic N) is 8. The lowest BCUT2D eigenvalue weighted by molar-refractivity contribution is 0.0503. The van der Waals surface area contributed by atoms with Gasteiger partial charge in [0.2, 0.25) is 0 Å². The monoisotopic (exact) mass is 342 g/mol. The van der Waals surface area contributed by atoms with Crippen molar-refractivity contribution in [3.05, 3.63) is 36.0 Å². The van der Waals surface area contributed by atoms with Crippen molar-refractivity contribution in [1.82, 2.24) is 39.5 Å². The van der Waals surface area contributed by atoms with Gasteiger partial charge in [-0.2, -0.15) is 10.2 Å². The molecule has 0 amide bonds. The molecule has 1 aliphatic heterocycles. The third-order valence-corrected chi connectivity index (χ3v) is 4.57. The zero-order valence-electron chi connectivity index (χ0n) is 14.7. The van der Waals surface area contributed by atoms with Crippen LogP contribution in [0.2, 0.25) is 0 Å². The summed E-state index contributed by atoms with van der Waals surface area (Å²) in [6.07, 6.45) is 7.77. The summed E-state index contributed by atoms with van der Waals surface area (Å²) in [6, 6.07) is 0.251. The first-order valence-electron chi connectivity index (χ1n) is 8.26. The van der Waals surface area contributed by atoms with E-state index in [-0.39, 0.29) is 6.04 Å². The maximum Gasteiger partial charge on any atom is 0.120 e. The third-order valence-electron chi connectivity index (χ3n) is 4.57. The van der Waals surface area contributed by atoms with Gasteiger partial charge in [0, 0.05) is 57.8 Å². The van der Waals surface area contributed by atoms with E-state index < -0.39 is 0 Å². The van der Waals surface area contributed by atoms with E-state index >= 15 is 0 Å². The highest BCUT2D eigenvalue weighted by Crippen LogP contribution is 2.27. The van der Waals surface area contributed by atoms with Gasteiger partial charge in [0.1, 0.15) is 5.69 Å². The van der Waals surface area contributed by atoms with Gasteiger partial charge in [-0.3, -0.25) is 14.3 Å². The fraction of sp³-hybridized carbons (Fsp3) is 0.500. The van der Waals surface area contributed by atoms with Crippen LogP contribution >= 0.6 is 0 Å². The van der Waals surface area contributed by atoms with Crippen LogP contribution in [0.1, 0.15) is 11.3 Å². The molecule has 3 aromatic heterocycles. The second kappa shape index (κ2) is 6.41. The zero-order valence-corrected chi connectivity index (χ0v) is 14.7. The summed E-state index contributed by atoms with van der Waals surface area (Å²) in [4.78, 5) is 2.40. The first kappa shape index (κ1) is 16.0. The largest absolute Gasteiger partial charge is 0.383 e. The summed E-state index contributed by atoms with van der Waals surface area (Å²) in [5.74, 6) is 0. The average molecular weight is 342 g/mol. The summed E-state index contributed by atoms with van der Waals surface area (Å²) in [6.45, 7) is 3.00. The van der Waals surface area contributed by atoms with Crippen LogP contribution in [0.3, 0.4) is 0 Å². The van der Waals surface area contributed by atoms with Gasteiger partial charge >= 0.3 is 0 Å². The fourth-order valence-electron chi connectivity index (χ4n) is 3.36. The minimum atomic E-state index is 0.251. The number of ether oxygens (including phenoxy) is 1. The van der Waals surface area contributed by atoms with E-state index in [9.17, 15) is 0 Å². The van der Waals surface area contributed by atoms with E-state index in [0.717, 1.165) is 36.6 Å². The highest BCUT2D eigenvalue weighted by atomic mass is 16.5. The third kappa shape index (κ3) is 3.08. The first-order valence-corrected chi connectivity index (χ1v) is 8.26. The van der Waals surface area contributed by atoms with E-state index in [1.807, 2.05) is 42.0 Å². The Hall–Kier alpha value is -2.52. The molecule has 4 heterocycles. The number of fused-ring (bicyclic) bond motifs is 1. The minimum absolute atomic E-state index is 0.251. The Morgan fingerprint density at radius 1 is 1.16 bits per heavy atom. The van der Waals surface area contributed by atoms with Crippen LogP contribution in [-0.2, 0) is 38.5 Å². The molecule has 0 saturated carbocycles. The number of hydrogen-bond donors (Lipinski definition) is 0. The van der Waals surface area contributed by atoms with Gasteiger partial charge in [-0.25, -0.2) is 4.68 Å². The van der Waals surface area contributed by atoms with Crippen LogP contribution in [0.15, 0.2) is 24.8 Å². The lowest BCUT2D eigenvalue weighted by Crippen LogP contribution is -2.45. The maximum absolute atomic E-state index is 5.43. The molecule has 0 spiro atoms.